The van der Waals surface area contributed by atoms with Crippen LogP contribution in [0.1, 0.15) is 44.6 Å². The number of nitrogens with zero attached hydrogens (tertiary/aromatic N) is 1. The van der Waals surface area contributed by atoms with Crippen LogP contribution in [-0.4, -0.2) is 47.9 Å². The number of sulfone groups is 1. The third-order valence-corrected chi connectivity index (χ3v) is 8.78. The SMILES string of the molecule is CC(C)c1ccc(S(=O)(=O)c2ccc(F)cc2)cc1S(=O)(=O)NCCN1CCCCC1. The van der Waals surface area contributed by atoms with E-state index in [1.807, 2.05) is 13.8 Å². The fraction of sp³-hybridized carbons (Fsp3) is 0.455. The lowest BCUT2D eigenvalue weighted by atomic mass is 10.0. The molecule has 6 nitrogen and oxygen atoms in total. The summed E-state index contributed by atoms with van der Waals surface area (Å²) in [6.07, 6.45) is 3.44. The van der Waals surface area contributed by atoms with E-state index in [4.69, 9.17) is 0 Å². The van der Waals surface area contributed by atoms with E-state index in [-0.39, 0.29) is 27.1 Å². The van der Waals surface area contributed by atoms with Crippen LogP contribution in [0.3, 0.4) is 0 Å². The predicted octanol–water partition coefficient (Wildman–Crippen LogP) is 3.55. The van der Waals surface area contributed by atoms with Gasteiger partial charge in [0.15, 0.2) is 0 Å². The quantitative estimate of drug-likeness (QED) is 0.599. The number of benzene rings is 2. The Morgan fingerprint density at radius 3 is 2.16 bits per heavy atom. The Hall–Kier alpha value is -1.81. The summed E-state index contributed by atoms with van der Waals surface area (Å²) in [7, 11) is -7.90. The summed E-state index contributed by atoms with van der Waals surface area (Å²) in [5, 5.41) is 0. The number of sulfonamides is 1. The van der Waals surface area contributed by atoms with Gasteiger partial charge in [-0.2, -0.15) is 0 Å². The molecule has 9 heteroatoms. The molecule has 0 aromatic heterocycles. The van der Waals surface area contributed by atoms with Crippen LogP contribution in [0.4, 0.5) is 4.39 Å². The first-order valence-corrected chi connectivity index (χ1v) is 13.4. The number of hydrogen-bond acceptors (Lipinski definition) is 5. The highest BCUT2D eigenvalue weighted by atomic mass is 32.2. The van der Waals surface area contributed by atoms with Gasteiger partial charge in [0.2, 0.25) is 19.9 Å². The molecule has 0 radical (unpaired) electrons. The van der Waals surface area contributed by atoms with E-state index in [1.54, 1.807) is 6.07 Å². The Balaban J connectivity index is 1.89. The van der Waals surface area contributed by atoms with Crippen molar-refractivity contribution < 1.29 is 21.2 Å². The van der Waals surface area contributed by atoms with Crippen molar-refractivity contribution in [2.75, 3.05) is 26.2 Å². The van der Waals surface area contributed by atoms with Crippen LogP contribution in [0.5, 0.6) is 0 Å². The Labute approximate surface area is 184 Å². The lowest BCUT2D eigenvalue weighted by Gasteiger charge is -2.26. The van der Waals surface area contributed by atoms with E-state index in [2.05, 4.69) is 9.62 Å². The molecule has 1 aliphatic rings. The summed E-state index contributed by atoms with van der Waals surface area (Å²) in [5.41, 5.74) is 0.545. The molecule has 0 saturated carbocycles. The Bertz CT molecular complexity index is 1110. The number of rotatable bonds is 8. The monoisotopic (exact) mass is 468 g/mol. The number of nitrogens with one attached hydrogen (secondary N) is 1. The van der Waals surface area contributed by atoms with E-state index in [9.17, 15) is 21.2 Å². The molecule has 1 fully saturated rings. The minimum atomic E-state index is -3.99. The third-order valence-electron chi connectivity index (χ3n) is 5.50. The molecule has 1 aliphatic heterocycles. The highest BCUT2D eigenvalue weighted by Crippen LogP contribution is 2.29. The Kier molecular flexibility index (Phi) is 7.51. The molecule has 0 aliphatic carbocycles. The maximum Gasteiger partial charge on any atom is 0.240 e. The second-order valence-corrected chi connectivity index (χ2v) is 11.8. The fourth-order valence-corrected chi connectivity index (χ4v) is 6.51. The summed E-state index contributed by atoms with van der Waals surface area (Å²) in [5.74, 6) is -0.661. The van der Waals surface area contributed by atoms with E-state index < -0.39 is 25.7 Å². The molecule has 2 aromatic rings. The van der Waals surface area contributed by atoms with Gasteiger partial charge in [0.05, 0.1) is 14.7 Å². The third kappa shape index (κ3) is 5.71. The number of piperidine rings is 1. The van der Waals surface area contributed by atoms with Gasteiger partial charge in [0.1, 0.15) is 5.82 Å². The zero-order chi connectivity index (χ0) is 22.6. The molecular formula is C22H29FN2O4S2. The second kappa shape index (κ2) is 9.77. The van der Waals surface area contributed by atoms with E-state index in [0.717, 1.165) is 38.1 Å². The molecule has 1 N–H and O–H groups in total. The molecule has 2 aromatic carbocycles. The maximum absolute atomic E-state index is 13.2. The molecule has 170 valence electrons. The lowest BCUT2D eigenvalue weighted by molar-refractivity contribution is 0.233. The van der Waals surface area contributed by atoms with Gasteiger partial charge in [-0.1, -0.05) is 26.3 Å². The second-order valence-electron chi connectivity index (χ2n) is 8.11. The summed E-state index contributed by atoms with van der Waals surface area (Å²) in [6, 6.07) is 8.63. The smallest absolute Gasteiger partial charge is 0.240 e. The summed E-state index contributed by atoms with van der Waals surface area (Å²) < 4.78 is 68.0. The molecule has 0 unspecified atom stereocenters. The van der Waals surface area contributed by atoms with Crippen LogP contribution in [-0.2, 0) is 19.9 Å². The predicted molar refractivity (Wildman–Crippen MR) is 118 cm³/mol. The van der Waals surface area contributed by atoms with Crippen LogP contribution in [0.25, 0.3) is 0 Å². The highest BCUT2D eigenvalue weighted by molar-refractivity contribution is 7.91. The first kappa shape index (κ1) is 23.8. The van der Waals surface area contributed by atoms with Gasteiger partial charge in [0, 0.05) is 13.1 Å². The van der Waals surface area contributed by atoms with Gasteiger partial charge in [0.25, 0.3) is 0 Å². The first-order chi connectivity index (χ1) is 14.6. The molecule has 1 saturated heterocycles. The Morgan fingerprint density at radius 2 is 1.55 bits per heavy atom. The molecule has 0 atom stereocenters. The summed E-state index contributed by atoms with van der Waals surface area (Å²) in [4.78, 5) is 1.96. The van der Waals surface area contributed by atoms with E-state index >= 15 is 0 Å². The number of hydrogen-bond donors (Lipinski definition) is 1. The highest BCUT2D eigenvalue weighted by Gasteiger charge is 2.25. The first-order valence-electron chi connectivity index (χ1n) is 10.5. The van der Waals surface area contributed by atoms with Gasteiger partial charge in [-0.05, 0) is 73.8 Å². The molecule has 1 heterocycles. The molecule has 0 amide bonds. The van der Waals surface area contributed by atoms with Crippen molar-refractivity contribution >= 4 is 19.9 Å². The summed E-state index contributed by atoms with van der Waals surface area (Å²) >= 11 is 0. The van der Waals surface area contributed by atoms with Crippen molar-refractivity contribution in [2.24, 2.45) is 0 Å². The fourth-order valence-electron chi connectivity index (χ4n) is 3.74. The largest absolute Gasteiger partial charge is 0.302 e. The van der Waals surface area contributed by atoms with Crippen LogP contribution >= 0.6 is 0 Å². The van der Waals surface area contributed by atoms with Crippen LogP contribution in [0.2, 0.25) is 0 Å². The molecule has 3 rings (SSSR count). The van der Waals surface area contributed by atoms with Gasteiger partial charge in [-0.3, -0.25) is 0 Å². The van der Waals surface area contributed by atoms with Crippen molar-refractivity contribution in [1.82, 2.24) is 9.62 Å². The van der Waals surface area contributed by atoms with Gasteiger partial charge in [-0.25, -0.2) is 25.9 Å². The van der Waals surface area contributed by atoms with Gasteiger partial charge >= 0.3 is 0 Å². The maximum atomic E-state index is 13.2. The minimum absolute atomic E-state index is 0.0377. The average molecular weight is 469 g/mol. The normalized spacial score (nSPS) is 16.0. The topological polar surface area (TPSA) is 83.5 Å². The molecular weight excluding hydrogens is 439 g/mol. The average Bonchev–Trinajstić information content (AvgIpc) is 2.74. The van der Waals surface area contributed by atoms with Gasteiger partial charge in [-0.15, -0.1) is 0 Å². The zero-order valence-electron chi connectivity index (χ0n) is 17.8. The standard InChI is InChI=1S/C22H29FN2O4S2/c1-17(2)21-11-10-20(30(26,27)19-8-6-18(23)7-9-19)16-22(21)31(28,29)24-12-15-25-13-4-3-5-14-25/h6-11,16-17,24H,3-5,12-15H2,1-2H3. The number of likely N-dealkylation sites (tertiary alicyclic amines) is 1. The summed E-state index contributed by atoms with van der Waals surface area (Å²) in [6.45, 7) is 6.51. The van der Waals surface area contributed by atoms with Crippen molar-refractivity contribution in [3.05, 3.63) is 53.8 Å². The van der Waals surface area contributed by atoms with Crippen LogP contribution in [0.15, 0.2) is 57.2 Å². The minimum Gasteiger partial charge on any atom is -0.302 e. The lowest BCUT2D eigenvalue weighted by Crippen LogP contribution is -2.37. The van der Waals surface area contributed by atoms with Gasteiger partial charge < -0.3 is 4.90 Å². The van der Waals surface area contributed by atoms with Crippen molar-refractivity contribution in [3.8, 4) is 0 Å². The molecule has 0 bridgehead atoms. The number of halogens is 1. The Morgan fingerprint density at radius 1 is 0.935 bits per heavy atom. The molecule has 0 spiro atoms. The van der Waals surface area contributed by atoms with E-state index in [0.29, 0.717) is 12.1 Å². The van der Waals surface area contributed by atoms with Crippen molar-refractivity contribution in [3.63, 3.8) is 0 Å². The van der Waals surface area contributed by atoms with Crippen LogP contribution in [0, 0.1) is 5.82 Å². The van der Waals surface area contributed by atoms with E-state index in [1.165, 1.54) is 30.7 Å². The zero-order valence-corrected chi connectivity index (χ0v) is 19.5. The van der Waals surface area contributed by atoms with Crippen molar-refractivity contribution in [2.45, 2.75) is 53.7 Å². The van der Waals surface area contributed by atoms with Crippen molar-refractivity contribution in [1.29, 1.82) is 0 Å². The molecule has 31 heavy (non-hydrogen) atoms. The van der Waals surface area contributed by atoms with Crippen LogP contribution < -0.4 is 4.72 Å².